The average Bonchev–Trinajstić information content (AvgIpc) is 3.32. The summed E-state index contributed by atoms with van der Waals surface area (Å²) >= 11 is 0. The molecular weight excluding hydrogens is 354 g/mol. The number of methoxy groups -OCH3 is 1. The molecule has 2 atom stereocenters. The molecule has 1 fully saturated rings. The third-order valence-electron chi connectivity index (χ3n) is 5.22. The smallest absolute Gasteiger partial charge is 0.274 e. The highest BCUT2D eigenvalue weighted by molar-refractivity contribution is 5.94. The molecule has 3 aromatic rings. The van der Waals surface area contributed by atoms with Crippen LogP contribution >= 0.6 is 0 Å². The van der Waals surface area contributed by atoms with Crippen molar-refractivity contribution in [3.05, 3.63) is 54.5 Å². The molecule has 0 aromatic carbocycles. The molecule has 0 aliphatic carbocycles. The lowest BCUT2D eigenvalue weighted by Gasteiger charge is -2.25. The summed E-state index contributed by atoms with van der Waals surface area (Å²) in [5.41, 5.74) is 2.64. The van der Waals surface area contributed by atoms with Crippen molar-refractivity contribution >= 4 is 5.91 Å². The first-order chi connectivity index (χ1) is 13.6. The van der Waals surface area contributed by atoms with Crippen LogP contribution in [0.4, 0.5) is 0 Å². The molecule has 0 bridgehead atoms. The standard InChI is InChI=1S/C21H23N5O2/c1-14-7-8-15(2)25(14)21(27)18-12-19(17-6-4-5-11-22-17)26(24-18)16-9-10-20(28-3)23-13-16/h4-6,9-15H,7-8H2,1-3H3. The first-order valence-electron chi connectivity index (χ1n) is 9.43. The summed E-state index contributed by atoms with van der Waals surface area (Å²) in [6, 6.07) is 11.6. The Morgan fingerprint density at radius 3 is 2.50 bits per heavy atom. The highest BCUT2D eigenvalue weighted by Crippen LogP contribution is 2.28. The SMILES string of the molecule is COc1ccc(-n2nc(C(=O)N3C(C)CCC3C)cc2-c2ccccn2)cn1. The van der Waals surface area contributed by atoms with E-state index in [1.54, 1.807) is 30.3 Å². The van der Waals surface area contributed by atoms with Gasteiger partial charge in [-0.2, -0.15) is 5.10 Å². The number of aromatic nitrogens is 4. The highest BCUT2D eigenvalue weighted by atomic mass is 16.5. The first kappa shape index (κ1) is 18.2. The van der Waals surface area contributed by atoms with E-state index in [1.807, 2.05) is 35.2 Å². The number of ether oxygens (including phenoxy) is 1. The Kier molecular flexibility index (Phi) is 4.81. The van der Waals surface area contributed by atoms with Crippen LogP contribution in [0.3, 0.4) is 0 Å². The van der Waals surface area contributed by atoms with Gasteiger partial charge >= 0.3 is 0 Å². The Labute approximate surface area is 164 Å². The van der Waals surface area contributed by atoms with E-state index in [4.69, 9.17) is 4.74 Å². The normalized spacial score (nSPS) is 19.0. The second kappa shape index (κ2) is 7.42. The lowest BCUT2D eigenvalue weighted by atomic mass is 10.2. The van der Waals surface area contributed by atoms with Crippen molar-refractivity contribution in [2.45, 2.75) is 38.8 Å². The Bertz CT molecular complexity index is 958. The molecule has 1 saturated heterocycles. The summed E-state index contributed by atoms with van der Waals surface area (Å²) < 4.78 is 6.86. The van der Waals surface area contributed by atoms with E-state index in [0.717, 1.165) is 29.9 Å². The second-order valence-electron chi connectivity index (χ2n) is 7.09. The fourth-order valence-corrected chi connectivity index (χ4v) is 3.73. The molecule has 0 radical (unpaired) electrons. The minimum Gasteiger partial charge on any atom is -0.481 e. The zero-order chi connectivity index (χ0) is 19.7. The van der Waals surface area contributed by atoms with Gasteiger partial charge in [0.15, 0.2) is 5.69 Å². The number of carbonyl (C=O) groups excluding carboxylic acids is 1. The predicted octanol–water partition coefficient (Wildman–Crippen LogP) is 3.35. The molecule has 144 valence electrons. The monoisotopic (exact) mass is 377 g/mol. The maximum Gasteiger partial charge on any atom is 0.274 e. The van der Waals surface area contributed by atoms with Crippen LogP contribution < -0.4 is 4.74 Å². The number of amides is 1. The molecule has 4 heterocycles. The maximum absolute atomic E-state index is 13.2. The topological polar surface area (TPSA) is 73.1 Å². The molecular formula is C21H23N5O2. The van der Waals surface area contributed by atoms with E-state index >= 15 is 0 Å². The van der Waals surface area contributed by atoms with Gasteiger partial charge in [-0.1, -0.05) is 6.07 Å². The summed E-state index contributed by atoms with van der Waals surface area (Å²) in [6.07, 6.45) is 5.44. The van der Waals surface area contributed by atoms with Crippen molar-refractivity contribution in [3.8, 4) is 23.0 Å². The quantitative estimate of drug-likeness (QED) is 0.697. The van der Waals surface area contributed by atoms with Crippen LogP contribution in [0.1, 0.15) is 37.2 Å². The van der Waals surface area contributed by atoms with Gasteiger partial charge in [0.1, 0.15) is 0 Å². The molecule has 28 heavy (non-hydrogen) atoms. The number of likely N-dealkylation sites (tertiary alicyclic amines) is 1. The summed E-state index contributed by atoms with van der Waals surface area (Å²) in [5, 5.41) is 4.63. The van der Waals surface area contributed by atoms with Crippen molar-refractivity contribution < 1.29 is 9.53 Å². The molecule has 2 unspecified atom stereocenters. The minimum absolute atomic E-state index is 0.0464. The fourth-order valence-electron chi connectivity index (χ4n) is 3.73. The summed E-state index contributed by atoms with van der Waals surface area (Å²) in [7, 11) is 1.57. The Hall–Kier alpha value is -3.22. The van der Waals surface area contributed by atoms with E-state index < -0.39 is 0 Å². The third-order valence-corrected chi connectivity index (χ3v) is 5.22. The largest absolute Gasteiger partial charge is 0.481 e. The van der Waals surface area contributed by atoms with Gasteiger partial charge in [0.25, 0.3) is 5.91 Å². The number of pyridine rings is 2. The van der Waals surface area contributed by atoms with Crippen molar-refractivity contribution in [2.75, 3.05) is 7.11 Å². The van der Waals surface area contributed by atoms with Gasteiger partial charge < -0.3 is 9.64 Å². The molecule has 7 nitrogen and oxygen atoms in total. The lowest BCUT2D eigenvalue weighted by Crippen LogP contribution is -2.38. The fraction of sp³-hybridized carbons (Fsp3) is 0.333. The van der Waals surface area contributed by atoms with Crippen LogP contribution in [0.2, 0.25) is 0 Å². The third kappa shape index (κ3) is 3.24. The molecule has 0 spiro atoms. The Morgan fingerprint density at radius 2 is 1.89 bits per heavy atom. The van der Waals surface area contributed by atoms with Crippen LogP contribution in [0.5, 0.6) is 5.88 Å². The van der Waals surface area contributed by atoms with Crippen LogP contribution in [-0.2, 0) is 0 Å². The van der Waals surface area contributed by atoms with Crippen LogP contribution in [-0.4, -0.2) is 49.7 Å². The highest BCUT2D eigenvalue weighted by Gasteiger charge is 2.33. The zero-order valence-corrected chi connectivity index (χ0v) is 16.2. The zero-order valence-electron chi connectivity index (χ0n) is 16.2. The van der Waals surface area contributed by atoms with Gasteiger partial charge in [0.2, 0.25) is 5.88 Å². The predicted molar refractivity (Wildman–Crippen MR) is 105 cm³/mol. The number of rotatable bonds is 4. The van der Waals surface area contributed by atoms with E-state index in [1.165, 1.54) is 0 Å². The molecule has 4 rings (SSSR count). The lowest BCUT2D eigenvalue weighted by molar-refractivity contribution is 0.0686. The molecule has 7 heteroatoms. The molecule has 1 aliphatic rings. The van der Waals surface area contributed by atoms with Gasteiger partial charge in [0, 0.05) is 24.3 Å². The summed E-state index contributed by atoms with van der Waals surface area (Å²) in [5.74, 6) is 0.473. The molecule has 0 saturated carbocycles. The second-order valence-corrected chi connectivity index (χ2v) is 7.09. The van der Waals surface area contributed by atoms with Crippen molar-refractivity contribution in [3.63, 3.8) is 0 Å². The van der Waals surface area contributed by atoms with Gasteiger partial charge in [-0.05, 0) is 51.0 Å². The number of hydrogen-bond donors (Lipinski definition) is 0. The van der Waals surface area contributed by atoms with E-state index in [-0.39, 0.29) is 18.0 Å². The number of carbonyl (C=O) groups is 1. The van der Waals surface area contributed by atoms with Crippen molar-refractivity contribution in [1.29, 1.82) is 0 Å². The molecule has 0 N–H and O–H groups in total. The van der Waals surface area contributed by atoms with E-state index in [0.29, 0.717) is 11.6 Å². The van der Waals surface area contributed by atoms with E-state index in [2.05, 4.69) is 28.9 Å². The van der Waals surface area contributed by atoms with E-state index in [9.17, 15) is 4.79 Å². The molecule has 1 aliphatic heterocycles. The Balaban J connectivity index is 1.79. The molecule has 1 amide bonds. The maximum atomic E-state index is 13.2. The van der Waals surface area contributed by atoms with Crippen molar-refractivity contribution in [2.24, 2.45) is 0 Å². The molecule has 3 aromatic heterocycles. The summed E-state index contributed by atoms with van der Waals surface area (Å²) in [6.45, 7) is 4.18. The van der Waals surface area contributed by atoms with Crippen LogP contribution in [0, 0.1) is 0 Å². The van der Waals surface area contributed by atoms with Crippen LogP contribution in [0.25, 0.3) is 17.1 Å². The average molecular weight is 377 g/mol. The van der Waals surface area contributed by atoms with Crippen LogP contribution in [0.15, 0.2) is 48.8 Å². The number of hydrogen-bond acceptors (Lipinski definition) is 5. The summed E-state index contributed by atoms with van der Waals surface area (Å²) in [4.78, 5) is 23.8. The van der Waals surface area contributed by atoms with Gasteiger partial charge in [-0.25, -0.2) is 9.67 Å². The minimum atomic E-state index is -0.0464. The Morgan fingerprint density at radius 1 is 1.11 bits per heavy atom. The van der Waals surface area contributed by atoms with Gasteiger partial charge in [-0.15, -0.1) is 0 Å². The number of nitrogens with zero attached hydrogens (tertiary/aromatic N) is 5. The van der Waals surface area contributed by atoms with Gasteiger partial charge in [0.05, 0.1) is 30.4 Å². The van der Waals surface area contributed by atoms with Gasteiger partial charge in [-0.3, -0.25) is 9.78 Å². The first-order valence-corrected chi connectivity index (χ1v) is 9.43. The van der Waals surface area contributed by atoms with Crippen molar-refractivity contribution in [1.82, 2.24) is 24.6 Å².